The van der Waals surface area contributed by atoms with E-state index in [1.807, 2.05) is 24.3 Å². The van der Waals surface area contributed by atoms with Crippen LogP contribution in [0.2, 0.25) is 0 Å². The summed E-state index contributed by atoms with van der Waals surface area (Å²) < 4.78 is 85.5. The van der Waals surface area contributed by atoms with Crippen LogP contribution in [-0.2, 0) is 93.2 Å². The zero-order valence-corrected chi connectivity index (χ0v) is 61.8. The predicted molar refractivity (Wildman–Crippen MR) is 391 cm³/mol. The number of fused-ring (bicyclic) bond motifs is 6. The predicted octanol–water partition coefficient (Wildman–Crippen LogP) is 6.77. The number of hydrogen-bond acceptors (Lipinski definition) is 16. The number of aliphatic hydroxyl groups is 1. The Morgan fingerprint density at radius 2 is 1.27 bits per heavy atom. The molecule has 0 saturated carbocycles. The van der Waals surface area contributed by atoms with Gasteiger partial charge < -0.3 is 76.9 Å². The summed E-state index contributed by atoms with van der Waals surface area (Å²) in [5.74, 6) is -6.30. The monoisotopic (exact) mass is 1520 g/mol. The number of aromatic nitrogens is 2. The molecule has 2 fully saturated rings. The average Bonchev–Trinajstić information content (AvgIpc) is 1.54. The van der Waals surface area contributed by atoms with E-state index in [9.17, 15) is 42.8 Å². The number of amides is 9. The highest BCUT2D eigenvalue weighted by Gasteiger charge is 2.55. The van der Waals surface area contributed by atoms with E-state index in [2.05, 4.69) is 47.2 Å². The van der Waals surface area contributed by atoms with Gasteiger partial charge in [-0.15, -0.1) is 0 Å². The third kappa shape index (κ3) is 20.2. The van der Waals surface area contributed by atoms with Crippen LogP contribution in [0.4, 0.5) is 17.6 Å². The van der Waals surface area contributed by atoms with Crippen LogP contribution in [0.5, 0.6) is 0 Å². The fourth-order valence-corrected chi connectivity index (χ4v) is 16.6. The number of rotatable bonds is 17. The van der Waals surface area contributed by atoms with Crippen molar-refractivity contribution < 1.29 is 79.4 Å². The van der Waals surface area contributed by atoms with Crippen molar-refractivity contribution in [3.8, 4) is 0 Å². The van der Waals surface area contributed by atoms with E-state index in [0.29, 0.717) is 81.8 Å². The first-order valence-electron chi connectivity index (χ1n) is 35.4. The molecule has 9 rings (SSSR count). The molecule has 25 nitrogen and oxygen atoms in total. The molecule has 0 aliphatic carbocycles. The number of aliphatic hydroxyl groups excluding tert-OH is 1. The number of H-pyrrole nitrogens is 2. The maximum Gasteiger partial charge on any atom is 0.404 e. The van der Waals surface area contributed by atoms with Crippen molar-refractivity contribution in [1.29, 1.82) is 0 Å². The second-order valence-electron chi connectivity index (χ2n) is 26.7. The zero-order valence-electron chi connectivity index (χ0n) is 59.3. The van der Waals surface area contributed by atoms with Gasteiger partial charge in [0.15, 0.2) is 0 Å². The summed E-state index contributed by atoms with van der Waals surface area (Å²) in [7, 11) is -5.06. The smallest absolute Gasteiger partial charge is 0.391 e. The van der Waals surface area contributed by atoms with Crippen molar-refractivity contribution in [2.45, 2.75) is 176 Å². The third-order valence-corrected chi connectivity index (χ3v) is 23.2. The lowest BCUT2D eigenvalue weighted by Crippen LogP contribution is -2.63. The lowest BCUT2D eigenvalue weighted by molar-refractivity contribution is -0.147. The molecule has 0 spiro atoms. The van der Waals surface area contributed by atoms with Crippen molar-refractivity contribution in [2.24, 2.45) is 5.73 Å². The van der Waals surface area contributed by atoms with Gasteiger partial charge in [0.1, 0.15) is 59.5 Å². The van der Waals surface area contributed by atoms with Crippen LogP contribution in [0.3, 0.4) is 0 Å². The summed E-state index contributed by atoms with van der Waals surface area (Å²) in [5, 5.41) is 31.4. The van der Waals surface area contributed by atoms with Gasteiger partial charge in [-0.25, -0.2) is 8.78 Å². The van der Waals surface area contributed by atoms with Gasteiger partial charge in [0.05, 0.1) is 19.3 Å². The van der Waals surface area contributed by atoms with Crippen molar-refractivity contribution >= 4 is 106 Å². The van der Waals surface area contributed by atoms with E-state index in [1.165, 1.54) is 110 Å². The Morgan fingerprint density at radius 1 is 0.676 bits per heavy atom. The number of thioether (sulfide) groups is 2. The van der Waals surface area contributed by atoms with Gasteiger partial charge in [0, 0.05) is 108 Å². The van der Waals surface area contributed by atoms with Gasteiger partial charge in [0.2, 0.25) is 53.2 Å². The third-order valence-electron chi connectivity index (χ3n) is 19.0. The second-order valence-corrected chi connectivity index (χ2v) is 31.0. The molecular weight excluding hydrogens is 1420 g/mol. The van der Waals surface area contributed by atoms with Gasteiger partial charge in [-0.3, -0.25) is 47.7 Å². The summed E-state index contributed by atoms with van der Waals surface area (Å²) in [6.45, 7) is 6.72. The number of benzene rings is 4. The van der Waals surface area contributed by atoms with E-state index in [0.717, 1.165) is 23.3 Å². The van der Waals surface area contributed by atoms with E-state index in [4.69, 9.17) is 14.8 Å². The Hall–Kier alpha value is -8.32. The van der Waals surface area contributed by atoms with Crippen molar-refractivity contribution in [1.82, 2.24) is 57.0 Å². The Morgan fingerprint density at radius 3 is 1.89 bits per heavy atom. The zero-order chi connectivity index (χ0) is 75.8. The van der Waals surface area contributed by atoms with Gasteiger partial charge >= 0.3 is 13.3 Å². The molecule has 3 aliphatic heterocycles. The fraction of sp³-hybridized carbons (Fsp3) is 0.493. The van der Waals surface area contributed by atoms with Crippen LogP contribution in [0.1, 0.15) is 119 Å². The summed E-state index contributed by atoms with van der Waals surface area (Å²) in [4.78, 5) is 141. The molecule has 9 amide bonds. The topological polar surface area (TPSA) is 358 Å². The Balaban J connectivity index is 1.04. The molecule has 568 valence electrons. The Kier molecular flexibility index (Phi) is 28.3. The maximum atomic E-state index is 16.0. The lowest BCUT2D eigenvalue weighted by Gasteiger charge is -2.37. The van der Waals surface area contributed by atoms with Gasteiger partial charge in [0.25, 0.3) is 0 Å². The highest BCUT2D eigenvalue weighted by atomic mass is 32.2. The number of nitrogens with zero attached hydrogens (tertiary/aromatic N) is 2. The van der Waals surface area contributed by atoms with Gasteiger partial charge in [-0.1, -0.05) is 48.5 Å². The molecule has 2 saturated heterocycles. The van der Waals surface area contributed by atoms with Crippen molar-refractivity contribution in [2.75, 3.05) is 50.9 Å². The number of unbranched alkanes of at least 4 members (excludes halogenated alkanes) is 1. The van der Waals surface area contributed by atoms with Crippen molar-refractivity contribution in [3.05, 3.63) is 142 Å². The van der Waals surface area contributed by atoms with E-state index < -0.39 is 144 Å². The SMILES string of the molecule is CCOP(=O)(OCC)C(F)(F)c1ccc(C[C@@H]2NC(=O)[C@H]([C@@H](C)O)NC(=O)[C@@H]3CCCN3C(=O)[C@H](Cc3c[nH]c4ccc(F)cc34)NC(=O)[C@H](Cc3c[nH]c4ccc(F)cc34)NC(=O)[C@@H](C)NC(=O)[C@H](CCCCN)NC(=O)CCSCc3cccc(c3)CSCCNC(=O)[C@]3(C)CCCN3C2=O)cc1. The fourth-order valence-electron chi connectivity index (χ4n) is 13.4. The number of nitrogens with two attached hydrogens (primary N) is 1. The Labute approximate surface area is 614 Å². The summed E-state index contributed by atoms with van der Waals surface area (Å²) in [6, 6.07) is 9.75. The molecule has 9 atom stereocenters. The highest BCUT2D eigenvalue weighted by molar-refractivity contribution is 7.98. The van der Waals surface area contributed by atoms with Gasteiger partial charge in [-0.05, 0) is 150 Å². The minimum absolute atomic E-state index is 0.0103. The standard InChI is InChI=1S/C73H93F4N12O13PS2/c1-6-101-103(100,102-7-2)73(76,77)50-19-17-45(18-20-50)34-59-70(98)89-30-12-26-72(89,5)71(99)79-28-32-105-42-47-14-10-13-46(33-47)41-104-31-25-62(91)83-57(15-8-9-27-78)65(93)82-43(3)64(92)84-58(35-48-39-80-55-23-21-51(74)37-53(48)55)66(94)85-60(36-49-40-81-56-24-22-52(75)38-54(49)56)69(97)88-29-11-16-61(88)67(95)87-63(44(4)90)68(96)86-59/h10,13-14,17-24,33,37-40,43-44,57-61,63,80-81,90H,6-9,11-12,15-16,25-32,34-36,41-42,78H2,1-5H3,(H,79,99)(H,82,93)(H,83,91)(H,84,92)(H,85,94)(H,86,96)(H,87,95)/t43-,44-,57+,58+,59+,60+,61+,63+,72+/m1/s1. The first-order chi connectivity index (χ1) is 50.2. The molecule has 32 heteroatoms. The second kappa shape index (κ2) is 36.8. The molecule has 6 aromatic rings. The number of carbonyl (C=O) groups is 9. The van der Waals surface area contributed by atoms with E-state index in [1.54, 1.807) is 18.7 Å². The molecule has 12 N–H and O–H groups in total. The maximum absolute atomic E-state index is 16.0. The van der Waals surface area contributed by atoms with Gasteiger partial charge in [-0.2, -0.15) is 32.3 Å². The first-order valence-corrected chi connectivity index (χ1v) is 39.2. The summed E-state index contributed by atoms with van der Waals surface area (Å²) in [5.41, 5.74) is 3.34. The molecule has 0 unspecified atom stereocenters. The largest absolute Gasteiger partial charge is 0.404 e. The van der Waals surface area contributed by atoms with E-state index >= 15 is 27.6 Å². The average molecular weight is 1520 g/mol. The molecule has 3 aliphatic rings. The van der Waals surface area contributed by atoms with Crippen LogP contribution >= 0.6 is 31.1 Å². The quantitative estimate of drug-likeness (QED) is 0.0255. The van der Waals surface area contributed by atoms with Crippen LogP contribution < -0.4 is 43.0 Å². The Bertz CT molecular complexity index is 4140. The van der Waals surface area contributed by atoms with Crippen LogP contribution in [0.25, 0.3) is 21.8 Å². The first kappa shape index (κ1) is 80.8. The van der Waals surface area contributed by atoms with Crippen LogP contribution in [-0.4, -0.2) is 183 Å². The number of alkyl halides is 2. The number of hydrogen-bond donors (Lipinski definition) is 11. The molecule has 2 bridgehead atoms. The minimum Gasteiger partial charge on any atom is -0.391 e. The normalized spacial score (nSPS) is 23.7. The highest BCUT2D eigenvalue weighted by Crippen LogP contribution is 2.66. The summed E-state index contributed by atoms with van der Waals surface area (Å²) >= 11 is 3.07. The minimum atomic E-state index is -5.06. The number of halogens is 4. The van der Waals surface area contributed by atoms with Crippen LogP contribution in [0, 0.1) is 11.6 Å². The molecule has 5 heterocycles. The molecular formula is C73H93F4N12O13PS2. The number of aromatic amines is 2. The molecule has 2 aromatic heterocycles. The number of carbonyl (C=O) groups excluding carboxylic acids is 9. The molecule has 0 radical (unpaired) electrons. The lowest BCUT2D eigenvalue weighted by atomic mass is 9.95. The number of nitrogens with one attached hydrogen (secondary N) is 9. The molecule has 105 heavy (non-hydrogen) atoms. The summed E-state index contributed by atoms with van der Waals surface area (Å²) in [6.07, 6.45) is 2.26. The van der Waals surface area contributed by atoms with E-state index in [-0.39, 0.29) is 83.4 Å². The molecule has 4 aromatic carbocycles. The van der Waals surface area contributed by atoms with Crippen LogP contribution in [0.15, 0.2) is 97.3 Å². The van der Waals surface area contributed by atoms with Crippen molar-refractivity contribution in [3.63, 3.8) is 0 Å².